The molecule has 2 N–H and O–H groups in total. The largest absolute Gasteiger partial charge is 0.390 e. The summed E-state index contributed by atoms with van der Waals surface area (Å²) in [7, 11) is 1.80. The van der Waals surface area contributed by atoms with Crippen LogP contribution < -0.4 is 0 Å². The van der Waals surface area contributed by atoms with Crippen molar-refractivity contribution < 1.29 is 10.2 Å². The van der Waals surface area contributed by atoms with E-state index >= 15 is 0 Å². The highest BCUT2D eigenvalue weighted by atomic mass is 35.5. The first-order valence-corrected chi connectivity index (χ1v) is 4.58. The number of aryl methyl sites for hydroxylation is 1. The van der Waals surface area contributed by atoms with E-state index in [1.165, 1.54) is 0 Å². The number of halogens is 1. The van der Waals surface area contributed by atoms with Gasteiger partial charge < -0.3 is 14.8 Å². The van der Waals surface area contributed by atoms with Crippen LogP contribution in [-0.4, -0.2) is 31.7 Å². The van der Waals surface area contributed by atoms with Crippen molar-refractivity contribution in [2.45, 2.75) is 18.6 Å². The average Bonchev–Trinajstić information content (AvgIpc) is 2.51. The van der Waals surface area contributed by atoms with Gasteiger partial charge in [0.2, 0.25) is 0 Å². The Labute approximate surface area is 81.8 Å². The number of nitrogens with zero attached hydrogens (tertiary/aromatic N) is 2. The molecule has 13 heavy (non-hydrogen) atoms. The minimum Gasteiger partial charge on any atom is -0.390 e. The van der Waals surface area contributed by atoms with Crippen molar-refractivity contribution in [3.8, 4) is 0 Å². The molecule has 2 unspecified atom stereocenters. The first-order chi connectivity index (χ1) is 6.15. The number of alkyl halides is 1. The van der Waals surface area contributed by atoms with Gasteiger partial charge in [-0.05, 0) is 6.42 Å². The topological polar surface area (TPSA) is 58.3 Å². The lowest BCUT2D eigenvalue weighted by molar-refractivity contribution is 0.0146. The van der Waals surface area contributed by atoms with Gasteiger partial charge in [-0.2, -0.15) is 0 Å². The van der Waals surface area contributed by atoms with E-state index in [1.807, 2.05) is 0 Å². The SMILES string of the molecule is Cn1cnc(C(O)C(O)CCCl)c1. The van der Waals surface area contributed by atoms with E-state index < -0.39 is 12.2 Å². The Balaban J connectivity index is 2.61. The number of aliphatic hydroxyl groups excluding tert-OH is 2. The Kier molecular flexibility index (Phi) is 3.71. The molecule has 0 spiro atoms. The van der Waals surface area contributed by atoms with Gasteiger partial charge in [0, 0.05) is 19.1 Å². The lowest BCUT2D eigenvalue weighted by atomic mass is 10.1. The molecule has 1 rings (SSSR count). The first kappa shape index (κ1) is 10.5. The zero-order chi connectivity index (χ0) is 9.84. The third kappa shape index (κ3) is 2.69. The molecule has 1 aromatic rings. The molecule has 1 heterocycles. The molecule has 0 amide bonds. The summed E-state index contributed by atoms with van der Waals surface area (Å²) in [6.45, 7) is 0. The zero-order valence-electron chi connectivity index (χ0n) is 7.39. The number of imidazole rings is 1. The smallest absolute Gasteiger partial charge is 0.123 e. The van der Waals surface area contributed by atoms with Crippen molar-refractivity contribution in [1.82, 2.24) is 9.55 Å². The van der Waals surface area contributed by atoms with Crippen LogP contribution in [0.25, 0.3) is 0 Å². The Bertz CT molecular complexity index is 264. The maximum atomic E-state index is 9.55. The molecule has 0 radical (unpaired) electrons. The number of aromatic nitrogens is 2. The Morgan fingerprint density at radius 2 is 2.31 bits per heavy atom. The number of hydrogen-bond donors (Lipinski definition) is 2. The Morgan fingerprint density at radius 1 is 1.62 bits per heavy atom. The van der Waals surface area contributed by atoms with Gasteiger partial charge in [-0.1, -0.05) is 0 Å². The van der Waals surface area contributed by atoms with E-state index in [4.69, 9.17) is 11.6 Å². The Morgan fingerprint density at radius 3 is 2.77 bits per heavy atom. The summed E-state index contributed by atoms with van der Waals surface area (Å²) in [6, 6.07) is 0. The summed E-state index contributed by atoms with van der Waals surface area (Å²) >= 11 is 5.44. The molecule has 0 aromatic carbocycles. The van der Waals surface area contributed by atoms with Gasteiger partial charge in [0.1, 0.15) is 6.10 Å². The van der Waals surface area contributed by atoms with E-state index in [0.29, 0.717) is 18.0 Å². The second kappa shape index (κ2) is 4.60. The molecule has 2 atom stereocenters. The quantitative estimate of drug-likeness (QED) is 0.700. The highest BCUT2D eigenvalue weighted by molar-refractivity contribution is 6.17. The van der Waals surface area contributed by atoms with E-state index in [1.54, 1.807) is 24.1 Å². The first-order valence-electron chi connectivity index (χ1n) is 4.05. The summed E-state index contributed by atoms with van der Waals surface area (Å²) < 4.78 is 1.71. The molecule has 0 saturated carbocycles. The van der Waals surface area contributed by atoms with E-state index in [0.717, 1.165) is 0 Å². The van der Waals surface area contributed by atoms with Crippen molar-refractivity contribution in [2.24, 2.45) is 7.05 Å². The molecule has 0 saturated heterocycles. The van der Waals surface area contributed by atoms with E-state index in [2.05, 4.69) is 4.98 Å². The molecule has 0 aliphatic carbocycles. The van der Waals surface area contributed by atoms with Crippen LogP contribution in [0.5, 0.6) is 0 Å². The number of hydrogen-bond acceptors (Lipinski definition) is 3. The molecule has 5 heteroatoms. The zero-order valence-corrected chi connectivity index (χ0v) is 8.15. The molecule has 1 aromatic heterocycles. The molecule has 0 fully saturated rings. The van der Waals surface area contributed by atoms with Crippen LogP contribution in [0, 0.1) is 0 Å². The normalized spacial score (nSPS) is 15.7. The lowest BCUT2D eigenvalue weighted by Gasteiger charge is -2.13. The van der Waals surface area contributed by atoms with E-state index in [-0.39, 0.29) is 0 Å². The van der Waals surface area contributed by atoms with Crippen LogP contribution in [0.3, 0.4) is 0 Å². The van der Waals surface area contributed by atoms with Gasteiger partial charge >= 0.3 is 0 Å². The highest BCUT2D eigenvalue weighted by Crippen LogP contribution is 2.16. The van der Waals surface area contributed by atoms with Gasteiger partial charge in [0.15, 0.2) is 0 Å². The Hall–Kier alpha value is -0.580. The third-order valence-corrected chi connectivity index (χ3v) is 2.02. The fourth-order valence-corrected chi connectivity index (χ4v) is 1.28. The maximum absolute atomic E-state index is 9.55. The van der Waals surface area contributed by atoms with Crippen LogP contribution in [0.15, 0.2) is 12.5 Å². The second-order valence-electron chi connectivity index (χ2n) is 2.95. The molecule has 0 bridgehead atoms. The summed E-state index contributed by atoms with van der Waals surface area (Å²) in [5, 5.41) is 18.9. The fourth-order valence-electron chi connectivity index (χ4n) is 1.05. The molecule has 0 aliphatic rings. The van der Waals surface area contributed by atoms with Gasteiger partial charge in [-0.25, -0.2) is 4.98 Å². The monoisotopic (exact) mass is 204 g/mol. The minimum atomic E-state index is -0.944. The highest BCUT2D eigenvalue weighted by Gasteiger charge is 2.19. The fraction of sp³-hybridized carbons (Fsp3) is 0.625. The van der Waals surface area contributed by atoms with Crippen molar-refractivity contribution in [2.75, 3.05) is 5.88 Å². The molecule has 4 nitrogen and oxygen atoms in total. The van der Waals surface area contributed by atoms with Crippen LogP contribution >= 0.6 is 11.6 Å². The van der Waals surface area contributed by atoms with Crippen LogP contribution in [-0.2, 0) is 7.05 Å². The van der Waals surface area contributed by atoms with Crippen molar-refractivity contribution >= 4 is 11.6 Å². The summed E-state index contributed by atoms with van der Waals surface area (Å²) in [5.41, 5.74) is 0.472. The lowest BCUT2D eigenvalue weighted by Crippen LogP contribution is -2.18. The van der Waals surface area contributed by atoms with E-state index in [9.17, 15) is 10.2 Å². The van der Waals surface area contributed by atoms with Gasteiger partial charge in [-0.15, -0.1) is 11.6 Å². The van der Waals surface area contributed by atoms with Gasteiger partial charge in [0.05, 0.1) is 18.1 Å². The molecular formula is C8H13ClN2O2. The average molecular weight is 205 g/mol. The van der Waals surface area contributed by atoms with Crippen LogP contribution in [0.1, 0.15) is 18.2 Å². The maximum Gasteiger partial charge on any atom is 0.123 e. The molecule has 0 aliphatic heterocycles. The van der Waals surface area contributed by atoms with Gasteiger partial charge in [-0.3, -0.25) is 0 Å². The standard InChI is InChI=1S/C8H13ClN2O2/c1-11-4-6(10-5-11)8(13)7(12)2-3-9/h4-5,7-8,12-13H,2-3H2,1H3. The van der Waals surface area contributed by atoms with Crippen molar-refractivity contribution in [3.63, 3.8) is 0 Å². The number of rotatable bonds is 4. The predicted octanol–water partition coefficient (Wildman–Crippen LogP) is 0.443. The summed E-state index contributed by atoms with van der Waals surface area (Å²) in [5.74, 6) is 0.324. The van der Waals surface area contributed by atoms with Gasteiger partial charge in [0.25, 0.3) is 0 Å². The molecular weight excluding hydrogens is 192 g/mol. The summed E-state index contributed by atoms with van der Waals surface area (Å²) in [4.78, 5) is 3.93. The van der Waals surface area contributed by atoms with Crippen LogP contribution in [0.2, 0.25) is 0 Å². The number of aliphatic hydroxyl groups is 2. The van der Waals surface area contributed by atoms with Crippen molar-refractivity contribution in [3.05, 3.63) is 18.2 Å². The molecule has 74 valence electrons. The van der Waals surface area contributed by atoms with Crippen molar-refractivity contribution in [1.29, 1.82) is 0 Å². The van der Waals surface area contributed by atoms with Crippen LogP contribution in [0.4, 0.5) is 0 Å². The minimum absolute atomic E-state index is 0.324. The summed E-state index contributed by atoms with van der Waals surface area (Å²) in [6.07, 6.45) is 1.82. The predicted molar refractivity (Wildman–Crippen MR) is 49.5 cm³/mol. The second-order valence-corrected chi connectivity index (χ2v) is 3.33. The third-order valence-electron chi connectivity index (χ3n) is 1.80.